The van der Waals surface area contributed by atoms with E-state index < -0.39 is 10.0 Å². The van der Waals surface area contributed by atoms with Crippen LogP contribution in [0.25, 0.3) is 0 Å². The zero-order chi connectivity index (χ0) is 19.5. The summed E-state index contributed by atoms with van der Waals surface area (Å²) in [5.41, 5.74) is 2.52. The Kier molecular flexibility index (Phi) is 6.28. The number of carbonyl (C=O) groups excluding carboxylic acids is 2. The second kappa shape index (κ2) is 8.07. The topological polar surface area (TPSA) is 78.0 Å². The third-order valence-electron chi connectivity index (χ3n) is 4.63. The van der Waals surface area contributed by atoms with Gasteiger partial charge in [0.25, 0.3) is 0 Å². The standard InChI is InChI=1S/C18H27N3O4S/c1-14-5-6-17(15(2)13-14)21(26(4,24)25)8-7-18(23)20-11-9-19(10-12-20)16(3)22/h5-6,13H,7-12H2,1-4H3. The van der Waals surface area contributed by atoms with Gasteiger partial charge in [0, 0.05) is 46.1 Å². The van der Waals surface area contributed by atoms with E-state index >= 15 is 0 Å². The van der Waals surface area contributed by atoms with Crippen molar-refractivity contribution in [3.8, 4) is 0 Å². The number of carbonyl (C=O) groups is 2. The van der Waals surface area contributed by atoms with Gasteiger partial charge in [0.05, 0.1) is 11.9 Å². The van der Waals surface area contributed by atoms with Gasteiger partial charge in [-0.1, -0.05) is 17.7 Å². The summed E-state index contributed by atoms with van der Waals surface area (Å²) in [5.74, 6) is -0.0817. The zero-order valence-electron chi connectivity index (χ0n) is 15.9. The van der Waals surface area contributed by atoms with Crippen LogP contribution in [0.2, 0.25) is 0 Å². The predicted octanol–water partition coefficient (Wildman–Crippen LogP) is 1.15. The molecule has 0 N–H and O–H groups in total. The predicted molar refractivity (Wildman–Crippen MR) is 102 cm³/mol. The van der Waals surface area contributed by atoms with Crippen LogP contribution < -0.4 is 4.31 Å². The molecule has 1 aromatic rings. The number of hydrogen-bond acceptors (Lipinski definition) is 4. The van der Waals surface area contributed by atoms with Gasteiger partial charge in [-0.15, -0.1) is 0 Å². The fourth-order valence-electron chi connectivity index (χ4n) is 3.18. The average Bonchev–Trinajstić information content (AvgIpc) is 2.55. The molecule has 0 aliphatic carbocycles. The Morgan fingerprint density at radius 1 is 1.08 bits per heavy atom. The molecular weight excluding hydrogens is 354 g/mol. The van der Waals surface area contributed by atoms with Crippen molar-refractivity contribution in [1.82, 2.24) is 9.80 Å². The van der Waals surface area contributed by atoms with Crippen molar-refractivity contribution < 1.29 is 18.0 Å². The second-order valence-electron chi connectivity index (χ2n) is 6.76. The van der Waals surface area contributed by atoms with Gasteiger partial charge in [-0.25, -0.2) is 8.42 Å². The highest BCUT2D eigenvalue weighted by Crippen LogP contribution is 2.24. The van der Waals surface area contributed by atoms with Crippen LogP contribution in [0.4, 0.5) is 5.69 Å². The normalized spacial score (nSPS) is 15.1. The maximum Gasteiger partial charge on any atom is 0.232 e. The summed E-state index contributed by atoms with van der Waals surface area (Å²) in [7, 11) is -3.49. The van der Waals surface area contributed by atoms with Crippen LogP contribution >= 0.6 is 0 Å². The highest BCUT2D eigenvalue weighted by Gasteiger charge is 2.25. The van der Waals surface area contributed by atoms with E-state index in [9.17, 15) is 18.0 Å². The van der Waals surface area contributed by atoms with Crippen LogP contribution in [0.5, 0.6) is 0 Å². The molecule has 2 amide bonds. The van der Waals surface area contributed by atoms with E-state index in [1.54, 1.807) is 15.9 Å². The first-order valence-electron chi connectivity index (χ1n) is 8.68. The largest absolute Gasteiger partial charge is 0.339 e. The summed E-state index contributed by atoms with van der Waals surface area (Å²) in [4.78, 5) is 27.2. The number of anilines is 1. The van der Waals surface area contributed by atoms with Gasteiger partial charge in [-0.2, -0.15) is 0 Å². The van der Waals surface area contributed by atoms with E-state index in [1.165, 1.54) is 11.2 Å². The molecule has 0 saturated carbocycles. The van der Waals surface area contributed by atoms with Crippen molar-refractivity contribution in [2.24, 2.45) is 0 Å². The highest BCUT2D eigenvalue weighted by molar-refractivity contribution is 7.92. The van der Waals surface area contributed by atoms with E-state index in [-0.39, 0.29) is 24.8 Å². The molecule has 1 aliphatic heterocycles. The molecule has 2 rings (SSSR count). The van der Waals surface area contributed by atoms with Crippen molar-refractivity contribution in [3.63, 3.8) is 0 Å². The number of sulfonamides is 1. The minimum Gasteiger partial charge on any atom is -0.339 e. The highest BCUT2D eigenvalue weighted by atomic mass is 32.2. The molecule has 144 valence electrons. The van der Waals surface area contributed by atoms with Gasteiger partial charge in [-0.05, 0) is 25.5 Å². The van der Waals surface area contributed by atoms with Crippen LogP contribution in [0.15, 0.2) is 18.2 Å². The van der Waals surface area contributed by atoms with Crippen molar-refractivity contribution in [3.05, 3.63) is 29.3 Å². The smallest absolute Gasteiger partial charge is 0.232 e. The summed E-state index contributed by atoms with van der Waals surface area (Å²) in [5, 5.41) is 0. The van der Waals surface area contributed by atoms with Crippen LogP contribution in [0.1, 0.15) is 24.5 Å². The van der Waals surface area contributed by atoms with Gasteiger partial charge in [0.15, 0.2) is 0 Å². The molecule has 0 unspecified atom stereocenters. The summed E-state index contributed by atoms with van der Waals surface area (Å²) in [6, 6.07) is 5.57. The minimum absolute atomic E-state index is 0.00944. The maximum atomic E-state index is 12.5. The molecule has 1 fully saturated rings. The van der Waals surface area contributed by atoms with E-state index in [4.69, 9.17) is 0 Å². The van der Waals surface area contributed by atoms with Crippen molar-refractivity contribution >= 4 is 27.5 Å². The van der Waals surface area contributed by atoms with Crippen LogP contribution in [0.3, 0.4) is 0 Å². The fraction of sp³-hybridized carbons (Fsp3) is 0.556. The van der Waals surface area contributed by atoms with Crippen molar-refractivity contribution in [2.75, 3.05) is 43.3 Å². The zero-order valence-corrected chi connectivity index (χ0v) is 16.7. The van der Waals surface area contributed by atoms with E-state index in [1.807, 2.05) is 26.0 Å². The molecule has 0 spiro atoms. The average molecular weight is 381 g/mol. The summed E-state index contributed by atoms with van der Waals surface area (Å²) in [6.45, 7) is 7.46. The minimum atomic E-state index is -3.49. The summed E-state index contributed by atoms with van der Waals surface area (Å²) >= 11 is 0. The Morgan fingerprint density at radius 3 is 2.15 bits per heavy atom. The molecule has 8 heteroatoms. The summed E-state index contributed by atoms with van der Waals surface area (Å²) in [6.07, 6.45) is 1.27. The third kappa shape index (κ3) is 4.97. The van der Waals surface area contributed by atoms with Crippen LogP contribution in [-0.4, -0.2) is 69.0 Å². The number of nitrogens with zero attached hydrogens (tertiary/aromatic N) is 3. The maximum absolute atomic E-state index is 12.5. The first-order chi connectivity index (χ1) is 12.1. The Morgan fingerprint density at radius 2 is 1.65 bits per heavy atom. The SMILES string of the molecule is CC(=O)N1CCN(C(=O)CCN(c2ccc(C)cc2C)S(C)(=O)=O)CC1. The molecule has 0 bridgehead atoms. The number of piperazine rings is 1. The molecule has 0 radical (unpaired) electrons. The molecule has 1 heterocycles. The van der Waals surface area contributed by atoms with Gasteiger partial charge >= 0.3 is 0 Å². The first kappa shape index (κ1) is 20.2. The third-order valence-corrected chi connectivity index (χ3v) is 5.81. The van der Waals surface area contributed by atoms with E-state index in [0.717, 1.165) is 17.4 Å². The van der Waals surface area contributed by atoms with Gasteiger partial charge < -0.3 is 9.80 Å². The number of amides is 2. The Hall–Kier alpha value is -2.09. The lowest BCUT2D eigenvalue weighted by Gasteiger charge is -2.34. The lowest BCUT2D eigenvalue weighted by Crippen LogP contribution is -2.50. The lowest BCUT2D eigenvalue weighted by atomic mass is 10.1. The van der Waals surface area contributed by atoms with Gasteiger partial charge in [0.1, 0.15) is 0 Å². The Labute approximate surface area is 155 Å². The molecular formula is C18H27N3O4S. The van der Waals surface area contributed by atoms with Crippen LogP contribution in [0, 0.1) is 13.8 Å². The molecule has 1 saturated heterocycles. The molecule has 0 atom stereocenters. The monoisotopic (exact) mass is 381 g/mol. The molecule has 1 aliphatic rings. The molecule has 1 aromatic carbocycles. The second-order valence-corrected chi connectivity index (χ2v) is 8.67. The van der Waals surface area contributed by atoms with Crippen molar-refractivity contribution in [2.45, 2.75) is 27.2 Å². The number of benzene rings is 1. The van der Waals surface area contributed by atoms with Gasteiger partial charge in [0.2, 0.25) is 21.8 Å². The van der Waals surface area contributed by atoms with E-state index in [2.05, 4.69) is 0 Å². The fourth-order valence-corrected chi connectivity index (χ4v) is 4.16. The molecule has 0 aromatic heterocycles. The molecule has 26 heavy (non-hydrogen) atoms. The number of aryl methyl sites for hydroxylation is 2. The lowest BCUT2D eigenvalue weighted by molar-refractivity contribution is -0.138. The Balaban J connectivity index is 2.04. The van der Waals surface area contributed by atoms with Gasteiger partial charge in [-0.3, -0.25) is 13.9 Å². The van der Waals surface area contributed by atoms with Crippen LogP contribution in [-0.2, 0) is 19.6 Å². The van der Waals surface area contributed by atoms with Crippen molar-refractivity contribution in [1.29, 1.82) is 0 Å². The molecule has 7 nitrogen and oxygen atoms in total. The number of hydrogen-bond donors (Lipinski definition) is 0. The first-order valence-corrected chi connectivity index (χ1v) is 10.5. The number of rotatable bonds is 5. The Bertz CT molecular complexity index is 784. The summed E-state index contributed by atoms with van der Waals surface area (Å²) < 4.78 is 25.8. The quantitative estimate of drug-likeness (QED) is 0.767. The van der Waals surface area contributed by atoms with E-state index in [0.29, 0.717) is 31.9 Å².